The second kappa shape index (κ2) is 11.5. The van der Waals surface area contributed by atoms with E-state index in [1.165, 1.54) is 0 Å². The minimum atomic E-state index is -0.651. The molecule has 2 aromatic rings. The average molecular weight is 514 g/mol. The quantitative estimate of drug-likeness (QED) is 0.580. The van der Waals surface area contributed by atoms with Gasteiger partial charge in [-0.15, -0.1) is 0 Å². The van der Waals surface area contributed by atoms with Crippen molar-refractivity contribution >= 4 is 33.7 Å². The molecule has 2 atom stereocenters. The lowest BCUT2D eigenvalue weighted by Crippen LogP contribution is -2.55. The zero-order valence-electron chi connectivity index (χ0n) is 19.4. The molecule has 33 heavy (non-hydrogen) atoms. The summed E-state index contributed by atoms with van der Waals surface area (Å²) in [5.41, 5.74) is 1.16. The predicted octanol–water partition coefficient (Wildman–Crippen LogP) is 4.26. The molecule has 3 amide bonds. The number of likely N-dealkylation sites (tertiary alicyclic amines) is 1. The number of nitrogens with zero attached hydrogens (tertiary/aromatic N) is 1. The number of hydrogen-bond donors (Lipinski definition) is 2. The minimum absolute atomic E-state index is 0.00757. The summed E-state index contributed by atoms with van der Waals surface area (Å²) < 4.78 is 0.864. The highest BCUT2D eigenvalue weighted by Crippen LogP contribution is 2.24. The zero-order chi connectivity index (χ0) is 24.0. The van der Waals surface area contributed by atoms with Crippen molar-refractivity contribution in [1.82, 2.24) is 15.5 Å². The Morgan fingerprint density at radius 3 is 2.15 bits per heavy atom. The van der Waals surface area contributed by atoms with Crippen LogP contribution >= 0.6 is 15.9 Å². The molecule has 0 saturated carbocycles. The molecule has 0 spiro atoms. The summed E-state index contributed by atoms with van der Waals surface area (Å²) in [6, 6.07) is 15.6. The van der Waals surface area contributed by atoms with E-state index in [0.29, 0.717) is 37.1 Å². The van der Waals surface area contributed by atoms with Gasteiger partial charge in [-0.05, 0) is 61.9 Å². The number of piperidine rings is 1. The van der Waals surface area contributed by atoms with Crippen molar-refractivity contribution in [3.05, 3.63) is 70.2 Å². The van der Waals surface area contributed by atoms with E-state index in [0.717, 1.165) is 4.47 Å². The van der Waals surface area contributed by atoms with Crippen molar-refractivity contribution < 1.29 is 14.4 Å². The molecule has 0 aromatic heterocycles. The minimum Gasteiger partial charge on any atom is -0.352 e. The summed E-state index contributed by atoms with van der Waals surface area (Å²) in [7, 11) is 0. The van der Waals surface area contributed by atoms with E-state index >= 15 is 0 Å². The van der Waals surface area contributed by atoms with Crippen LogP contribution in [0.25, 0.3) is 0 Å². The van der Waals surface area contributed by atoms with Crippen molar-refractivity contribution in [3.8, 4) is 0 Å². The first-order valence-corrected chi connectivity index (χ1v) is 12.3. The maximum atomic E-state index is 13.2. The Labute approximate surface area is 204 Å². The van der Waals surface area contributed by atoms with E-state index in [1.807, 2.05) is 42.2 Å². The van der Waals surface area contributed by atoms with Gasteiger partial charge in [-0.25, -0.2) is 0 Å². The lowest BCUT2D eigenvalue weighted by molar-refractivity contribution is -0.125. The SMILES string of the molecule is CC(C)[C@H](C)NC(=O)[C@H](NC(=O)c1ccccc1)C1CCN(C(=O)c2cccc(Br)c2)CC1. The van der Waals surface area contributed by atoms with Gasteiger partial charge in [0.15, 0.2) is 0 Å². The highest BCUT2D eigenvalue weighted by atomic mass is 79.9. The molecule has 0 unspecified atom stereocenters. The van der Waals surface area contributed by atoms with Gasteiger partial charge in [0.25, 0.3) is 11.8 Å². The third-order valence-corrected chi connectivity index (χ3v) is 6.84. The molecular formula is C26H32BrN3O3. The van der Waals surface area contributed by atoms with Gasteiger partial charge in [-0.2, -0.15) is 0 Å². The summed E-state index contributed by atoms with van der Waals surface area (Å²) in [5.74, 6) is -0.219. The molecule has 6 nitrogen and oxygen atoms in total. The third kappa shape index (κ3) is 6.67. The fraction of sp³-hybridized carbons (Fsp3) is 0.423. The molecule has 1 heterocycles. The number of hydrogen-bond acceptors (Lipinski definition) is 3. The van der Waals surface area contributed by atoms with Gasteiger partial charge < -0.3 is 15.5 Å². The number of amides is 3. The summed E-state index contributed by atoms with van der Waals surface area (Å²) in [6.45, 7) is 7.16. The Morgan fingerprint density at radius 1 is 0.909 bits per heavy atom. The Balaban J connectivity index is 1.70. The molecule has 176 valence electrons. The Morgan fingerprint density at radius 2 is 1.55 bits per heavy atom. The second-order valence-electron chi connectivity index (χ2n) is 9.00. The number of nitrogens with one attached hydrogen (secondary N) is 2. The van der Waals surface area contributed by atoms with Crippen LogP contribution in [-0.2, 0) is 4.79 Å². The van der Waals surface area contributed by atoms with E-state index in [1.54, 1.807) is 24.3 Å². The molecule has 2 aromatic carbocycles. The van der Waals surface area contributed by atoms with Crippen LogP contribution < -0.4 is 10.6 Å². The van der Waals surface area contributed by atoms with E-state index in [-0.39, 0.29) is 35.6 Å². The fourth-order valence-electron chi connectivity index (χ4n) is 3.93. The highest BCUT2D eigenvalue weighted by molar-refractivity contribution is 9.10. The Kier molecular flexibility index (Phi) is 8.67. The van der Waals surface area contributed by atoms with Crippen LogP contribution in [0.3, 0.4) is 0 Å². The predicted molar refractivity (Wildman–Crippen MR) is 133 cm³/mol. The second-order valence-corrected chi connectivity index (χ2v) is 9.91. The number of carbonyl (C=O) groups excluding carboxylic acids is 3. The van der Waals surface area contributed by atoms with Crippen LogP contribution in [-0.4, -0.2) is 47.8 Å². The van der Waals surface area contributed by atoms with E-state index in [9.17, 15) is 14.4 Å². The first-order valence-electron chi connectivity index (χ1n) is 11.5. The molecular weight excluding hydrogens is 482 g/mol. The van der Waals surface area contributed by atoms with E-state index in [4.69, 9.17) is 0 Å². The van der Waals surface area contributed by atoms with Gasteiger partial charge in [-0.1, -0.05) is 54.0 Å². The molecule has 0 radical (unpaired) electrons. The molecule has 1 fully saturated rings. The largest absolute Gasteiger partial charge is 0.352 e. The van der Waals surface area contributed by atoms with Gasteiger partial charge in [0, 0.05) is 34.7 Å². The maximum Gasteiger partial charge on any atom is 0.253 e. The normalized spacial score (nSPS) is 16.2. The van der Waals surface area contributed by atoms with Gasteiger partial charge >= 0.3 is 0 Å². The Bertz CT molecular complexity index is 972. The van der Waals surface area contributed by atoms with Gasteiger partial charge in [0.1, 0.15) is 6.04 Å². The molecule has 0 bridgehead atoms. The summed E-state index contributed by atoms with van der Waals surface area (Å²) in [4.78, 5) is 40.8. The fourth-order valence-corrected chi connectivity index (χ4v) is 4.33. The highest BCUT2D eigenvalue weighted by Gasteiger charge is 2.34. The topological polar surface area (TPSA) is 78.5 Å². The van der Waals surface area contributed by atoms with E-state index in [2.05, 4.69) is 40.4 Å². The van der Waals surface area contributed by atoms with Gasteiger partial charge in [0.05, 0.1) is 0 Å². The van der Waals surface area contributed by atoms with Crippen molar-refractivity contribution in [3.63, 3.8) is 0 Å². The van der Waals surface area contributed by atoms with Crippen molar-refractivity contribution in [1.29, 1.82) is 0 Å². The van der Waals surface area contributed by atoms with Crippen LogP contribution in [0.5, 0.6) is 0 Å². The van der Waals surface area contributed by atoms with Crippen molar-refractivity contribution in [2.45, 2.75) is 45.7 Å². The molecule has 7 heteroatoms. The molecule has 0 aliphatic carbocycles. The number of benzene rings is 2. The molecule has 1 saturated heterocycles. The monoisotopic (exact) mass is 513 g/mol. The maximum absolute atomic E-state index is 13.2. The van der Waals surface area contributed by atoms with Crippen LogP contribution in [0.4, 0.5) is 0 Å². The zero-order valence-corrected chi connectivity index (χ0v) is 21.0. The lowest BCUT2D eigenvalue weighted by atomic mass is 9.87. The van der Waals surface area contributed by atoms with E-state index < -0.39 is 6.04 Å². The number of rotatable bonds is 7. The van der Waals surface area contributed by atoms with Gasteiger partial charge in [0.2, 0.25) is 5.91 Å². The Hall–Kier alpha value is -2.67. The van der Waals surface area contributed by atoms with Crippen LogP contribution in [0.1, 0.15) is 54.3 Å². The molecule has 1 aliphatic rings. The molecule has 1 aliphatic heterocycles. The van der Waals surface area contributed by atoms with Crippen molar-refractivity contribution in [2.24, 2.45) is 11.8 Å². The number of halogens is 1. The average Bonchev–Trinajstić information content (AvgIpc) is 2.82. The van der Waals surface area contributed by atoms with Crippen LogP contribution in [0.15, 0.2) is 59.1 Å². The first-order chi connectivity index (χ1) is 15.8. The first kappa shape index (κ1) is 25.0. The standard InChI is InChI=1S/C26H32BrN3O3/c1-17(2)18(3)28-25(32)23(29-24(31)20-8-5-4-6-9-20)19-12-14-30(15-13-19)26(33)21-10-7-11-22(27)16-21/h4-11,16-19,23H,12-15H2,1-3H3,(H,28,32)(H,29,31)/t18-,23+/m0/s1. The molecule has 3 rings (SSSR count). The smallest absolute Gasteiger partial charge is 0.253 e. The van der Waals surface area contributed by atoms with Crippen LogP contribution in [0, 0.1) is 11.8 Å². The number of carbonyl (C=O) groups is 3. The summed E-state index contributed by atoms with van der Waals surface area (Å²) in [6.07, 6.45) is 1.28. The summed E-state index contributed by atoms with van der Waals surface area (Å²) in [5, 5.41) is 6.03. The summed E-state index contributed by atoms with van der Waals surface area (Å²) >= 11 is 3.42. The van der Waals surface area contributed by atoms with Crippen LogP contribution in [0.2, 0.25) is 0 Å². The van der Waals surface area contributed by atoms with Gasteiger partial charge in [-0.3, -0.25) is 14.4 Å². The van der Waals surface area contributed by atoms with Crippen molar-refractivity contribution in [2.75, 3.05) is 13.1 Å². The third-order valence-electron chi connectivity index (χ3n) is 6.34. The molecule has 2 N–H and O–H groups in total. The lowest BCUT2D eigenvalue weighted by Gasteiger charge is -2.36.